The minimum Gasteiger partial charge on any atom is -0.486 e. The van der Waals surface area contributed by atoms with E-state index in [1.165, 1.54) is 17.7 Å². The molecule has 0 spiro atoms. The normalized spacial score (nSPS) is 27.1. The SMILES string of the molecule is CCC1CSC(c2ccc3c(c2)OCCO3)N1. The van der Waals surface area contributed by atoms with Crippen LogP contribution in [0.25, 0.3) is 0 Å². The lowest BCUT2D eigenvalue weighted by Gasteiger charge is -2.20. The van der Waals surface area contributed by atoms with E-state index in [9.17, 15) is 0 Å². The topological polar surface area (TPSA) is 30.5 Å². The molecule has 2 heterocycles. The van der Waals surface area contributed by atoms with E-state index in [0.717, 1.165) is 11.5 Å². The molecule has 1 aromatic rings. The van der Waals surface area contributed by atoms with E-state index in [1.54, 1.807) is 0 Å². The molecule has 17 heavy (non-hydrogen) atoms. The summed E-state index contributed by atoms with van der Waals surface area (Å²) in [5.41, 5.74) is 1.29. The summed E-state index contributed by atoms with van der Waals surface area (Å²) in [6.07, 6.45) is 1.19. The van der Waals surface area contributed by atoms with E-state index >= 15 is 0 Å². The maximum Gasteiger partial charge on any atom is 0.161 e. The Labute approximate surface area is 106 Å². The number of thioether (sulfide) groups is 1. The summed E-state index contributed by atoms with van der Waals surface area (Å²) in [5.74, 6) is 2.95. The summed E-state index contributed by atoms with van der Waals surface area (Å²) in [6, 6.07) is 6.90. The van der Waals surface area contributed by atoms with E-state index in [0.29, 0.717) is 24.6 Å². The van der Waals surface area contributed by atoms with Crippen LogP contribution in [0.4, 0.5) is 0 Å². The molecule has 0 bridgehead atoms. The van der Waals surface area contributed by atoms with Crippen molar-refractivity contribution in [2.75, 3.05) is 19.0 Å². The van der Waals surface area contributed by atoms with Gasteiger partial charge in [-0.3, -0.25) is 5.32 Å². The molecule has 2 aliphatic rings. The summed E-state index contributed by atoms with van der Waals surface area (Å²) >= 11 is 1.97. The van der Waals surface area contributed by atoms with Crippen LogP contribution in [0.2, 0.25) is 0 Å². The third-order valence-electron chi connectivity index (χ3n) is 3.21. The number of rotatable bonds is 2. The molecule has 1 fully saturated rings. The average molecular weight is 251 g/mol. The van der Waals surface area contributed by atoms with Gasteiger partial charge >= 0.3 is 0 Å². The predicted molar refractivity (Wildman–Crippen MR) is 69.8 cm³/mol. The molecule has 2 atom stereocenters. The van der Waals surface area contributed by atoms with Crippen LogP contribution in [0.15, 0.2) is 18.2 Å². The number of benzene rings is 1. The minimum absolute atomic E-state index is 0.399. The number of nitrogens with one attached hydrogen (secondary N) is 1. The van der Waals surface area contributed by atoms with Gasteiger partial charge in [0.25, 0.3) is 0 Å². The van der Waals surface area contributed by atoms with Gasteiger partial charge < -0.3 is 9.47 Å². The second-order valence-electron chi connectivity index (χ2n) is 4.39. The fraction of sp³-hybridized carbons (Fsp3) is 0.538. The van der Waals surface area contributed by atoms with Crippen molar-refractivity contribution in [1.82, 2.24) is 5.32 Å². The number of hydrogen-bond acceptors (Lipinski definition) is 4. The first kappa shape index (κ1) is 11.2. The van der Waals surface area contributed by atoms with Crippen molar-refractivity contribution in [2.45, 2.75) is 24.8 Å². The molecule has 0 aromatic heterocycles. The summed E-state index contributed by atoms with van der Waals surface area (Å²) < 4.78 is 11.1. The van der Waals surface area contributed by atoms with Crippen molar-refractivity contribution in [3.8, 4) is 11.5 Å². The maximum atomic E-state index is 5.61. The molecule has 92 valence electrons. The second kappa shape index (κ2) is 4.78. The van der Waals surface area contributed by atoms with Crippen LogP contribution < -0.4 is 14.8 Å². The zero-order chi connectivity index (χ0) is 11.7. The van der Waals surface area contributed by atoms with E-state index < -0.39 is 0 Å². The highest BCUT2D eigenvalue weighted by Gasteiger charge is 2.25. The average Bonchev–Trinajstić information content (AvgIpc) is 2.87. The van der Waals surface area contributed by atoms with Crippen molar-refractivity contribution in [2.24, 2.45) is 0 Å². The van der Waals surface area contributed by atoms with Crippen LogP contribution in [-0.2, 0) is 0 Å². The van der Waals surface area contributed by atoms with Gasteiger partial charge in [0.2, 0.25) is 0 Å². The molecule has 3 nitrogen and oxygen atoms in total. The van der Waals surface area contributed by atoms with Crippen LogP contribution in [0.3, 0.4) is 0 Å². The van der Waals surface area contributed by atoms with E-state index in [2.05, 4.69) is 24.4 Å². The van der Waals surface area contributed by atoms with Crippen LogP contribution in [0.5, 0.6) is 11.5 Å². The highest BCUT2D eigenvalue weighted by molar-refractivity contribution is 7.99. The van der Waals surface area contributed by atoms with Gasteiger partial charge in [0, 0.05) is 11.8 Å². The second-order valence-corrected chi connectivity index (χ2v) is 5.53. The third-order valence-corrected chi connectivity index (χ3v) is 4.55. The molecule has 1 saturated heterocycles. The van der Waals surface area contributed by atoms with Crippen LogP contribution in [0.1, 0.15) is 24.3 Å². The van der Waals surface area contributed by atoms with Crippen molar-refractivity contribution < 1.29 is 9.47 Å². The monoisotopic (exact) mass is 251 g/mol. The van der Waals surface area contributed by atoms with E-state index in [4.69, 9.17) is 9.47 Å². The molecule has 0 saturated carbocycles. The first-order chi connectivity index (χ1) is 8.36. The molecule has 1 aromatic carbocycles. The quantitative estimate of drug-likeness (QED) is 0.875. The van der Waals surface area contributed by atoms with Crippen molar-refractivity contribution in [3.05, 3.63) is 23.8 Å². The molecule has 2 unspecified atom stereocenters. The molecule has 0 radical (unpaired) electrons. The van der Waals surface area contributed by atoms with Gasteiger partial charge in [0.15, 0.2) is 11.5 Å². The Balaban J connectivity index is 1.79. The molecular formula is C13H17NO2S. The van der Waals surface area contributed by atoms with Crippen molar-refractivity contribution in [3.63, 3.8) is 0 Å². The first-order valence-electron chi connectivity index (χ1n) is 6.14. The zero-order valence-corrected chi connectivity index (χ0v) is 10.8. The molecule has 2 aliphatic heterocycles. The lowest BCUT2D eigenvalue weighted by atomic mass is 10.1. The van der Waals surface area contributed by atoms with Crippen molar-refractivity contribution in [1.29, 1.82) is 0 Å². The molecule has 0 aliphatic carbocycles. The summed E-state index contributed by atoms with van der Waals surface area (Å²) in [7, 11) is 0. The Hall–Kier alpha value is -0.870. The summed E-state index contributed by atoms with van der Waals surface area (Å²) in [6.45, 7) is 3.53. The molecule has 3 rings (SSSR count). The lowest BCUT2D eigenvalue weighted by molar-refractivity contribution is 0.171. The molecular weight excluding hydrogens is 234 g/mol. The molecule has 4 heteroatoms. The van der Waals surface area contributed by atoms with Gasteiger partial charge in [0.1, 0.15) is 13.2 Å². The Kier molecular flexibility index (Phi) is 3.16. The Bertz CT molecular complexity index is 410. The number of ether oxygens (including phenoxy) is 2. The Morgan fingerprint density at radius 2 is 2.12 bits per heavy atom. The fourth-order valence-electron chi connectivity index (χ4n) is 2.17. The number of fused-ring (bicyclic) bond motifs is 1. The Morgan fingerprint density at radius 1 is 1.29 bits per heavy atom. The minimum atomic E-state index is 0.399. The van der Waals surface area contributed by atoms with Crippen LogP contribution in [-0.4, -0.2) is 25.0 Å². The van der Waals surface area contributed by atoms with E-state index in [-0.39, 0.29) is 0 Å². The maximum absolute atomic E-state index is 5.61. The lowest BCUT2D eigenvalue weighted by Crippen LogP contribution is -2.24. The smallest absolute Gasteiger partial charge is 0.161 e. The van der Waals surface area contributed by atoms with Crippen LogP contribution >= 0.6 is 11.8 Å². The van der Waals surface area contributed by atoms with Crippen LogP contribution in [0, 0.1) is 0 Å². The van der Waals surface area contributed by atoms with Gasteiger partial charge in [-0.05, 0) is 24.1 Å². The van der Waals surface area contributed by atoms with Gasteiger partial charge in [-0.2, -0.15) is 0 Å². The third kappa shape index (κ3) is 2.24. The van der Waals surface area contributed by atoms with Gasteiger partial charge in [-0.15, -0.1) is 11.8 Å². The number of hydrogen-bond donors (Lipinski definition) is 1. The Morgan fingerprint density at radius 3 is 2.88 bits per heavy atom. The fourth-order valence-corrected chi connectivity index (χ4v) is 3.56. The van der Waals surface area contributed by atoms with Gasteiger partial charge in [-0.1, -0.05) is 13.0 Å². The summed E-state index contributed by atoms with van der Waals surface area (Å²) in [5, 5.41) is 4.03. The highest BCUT2D eigenvalue weighted by Crippen LogP contribution is 2.38. The predicted octanol–water partition coefficient (Wildman–Crippen LogP) is 2.57. The van der Waals surface area contributed by atoms with Crippen molar-refractivity contribution >= 4 is 11.8 Å². The standard InChI is InChI=1S/C13H17NO2S/c1-2-10-8-17-13(14-10)9-3-4-11-12(7-9)16-6-5-15-11/h3-4,7,10,13-14H,2,5-6,8H2,1H3. The zero-order valence-electron chi connectivity index (χ0n) is 9.94. The summed E-state index contributed by atoms with van der Waals surface area (Å²) in [4.78, 5) is 0. The first-order valence-corrected chi connectivity index (χ1v) is 7.19. The van der Waals surface area contributed by atoms with E-state index in [1.807, 2.05) is 17.8 Å². The largest absolute Gasteiger partial charge is 0.486 e. The molecule has 1 N–H and O–H groups in total. The highest BCUT2D eigenvalue weighted by atomic mass is 32.2. The van der Waals surface area contributed by atoms with Gasteiger partial charge in [-0.25, -0.2) is 0 Å². The van der Waals surface area contributed by atoms with Gasteiger partial charge in [0.05, 0.1) is 5.37 Å². The molecule has 0 amide bonds.